The van der Waals surface area contributed by atoms with E-state index < -0.39 is 0 Å². The van der Waals surface area contributed by atoms with Gasteiger partial charge in [0.25, 0.3) is 0 Å². The molecule has 1 nitrogen and oxygen atoms in total. The van der Waals surface area contributed by atoms with Gasteiger partial charge in [0, 0.05) is 0 Å². The third-order valence-corrected chi connectivity index (χ3v) is 3.68. The highest BCUT2D eigenvalue weighted by molar-refractivity contribution is 5.25. The molecule has 1 heteroatoms. The summed E-state index contributed by atoms with van der Waals surface area (Å²) < 4.78 is 0. The monoisotopic (exact) mass is 218 g/mol. The molecule has 2 rings (SSSR count). The quantitative estimate of drug-likeness (QED) is 0.823. The fourth-order valence-electron chi connectivity index (χ4n) is 2.61. The van der Waals surface area contributed by atoms with Crippen LogP contribution < -0.4 is 0 Å². The van der Waals surface area contributed by atoms with Crippen LogP contribution in [0.25, 0.3) is 0 Å². The zero-order valence-electron chi connectivity index (χ0n) is 10.3. The molecule has 0 radical (unpaired) electrons. The first-order chi connectivity index (χ1) is 7.65. The molecule has 2 atom stereocenters. The van der Waals surface area contributed by atoms with Crippen molar-refractivity contribution in [2.75, 3.05) is 0 Å². The van der Waals surface area contributed by atoms with E-state index in [1.165, 1.54) is 17.5 Å². The van der Waals surface area contributed by atoms with Crippen molar-refractivity contribution in [3.63, 3.8) is 0 Å². The van der Waals surface area contributed by atoms with Crippen LogP contribution in [0.2, 0.25) is 0 Å². The smallest absolute Gasteiger partial charge is 0.0543 e. The summed E-state index contributed by atoms with van der Waals surface area (Å²) in [5.41, 5.74) is 2.83. The molecule has 1 saturated carbocycles. The topological polar surface area (TPSA) is 20.2 Å². The minimum Gasteiger partial charge on any atom is -0.393 e. The van der Waals surface area contributed by atoms with Gasteiger partial charge in [-0.2, -0.15) is 0 Å². The molecular formula is C15H22O. The summed E-state index contributed by atoms with van der Waals surface area (Å²) in [5, 5.41) is 9.49. The fourth-order valence-corrected chi connectivity index (χ4v) is 2.61. The summed E-state index contributed by atoms with van der Waals surface area (Å²) in [4.78, 5) is 0. The fraction of sp³-hybridized carbons (Fsp3) is 0.600. The highest BCUT2D eigenvalue weighted by Gasteiger charge is 2.22. The van der Waals surface area contributed by atoms with Crippen LogP contribution >= 0.6 is 0 Å². The van der Waals surface area contributed by atoms with Gasteiger partial charge in [-0.25, -0.2) is 0 Å². The van der Waals surface area contributed by atoms with Crippen LogP contribution in [0.4, 0.5) is 0 Å². The lowest BCUT2D eigenvalue weighted by Gasteiger charge is -2.11. The van der Waals surface area contributed by atoms with Crippen LogP contribution in [0.5, 0.6) is 0 Å². The molecule has 1 N–H and O–H groups in total. The van der Waals surface area contributed by atoms with Gasteiger partial charge in [-0.3, -0.25) is 0 Å². The van der Waals surface area contributed by atoms with Crippen molar-refractivity contribution in [3.8, 4) is 0 Å². The van der Waals surface area contributed by atoms with Crippen molar-refractivity contribution < 1.29 is 5.11 Å². The molecule has 1 aromatic rings. The Labute approximate surface area is 98.5 Å². The lowest BCUT2D eigenvalue weighted by molar-refractivity contribution is 0.177. The molecule has 0 aliphatic heterocycles. The minimum atomic E-state index is -0.0417. The first-order valence-corrected chi connectivity index (χ1v) is 6.42. The Hall–Kier alpha value is -0.820. The predicted octanol–water partition coefficient (Wildman–Crippen LogP) is 3.51. The third-order valence-electron chi connectivity index (χ3n) is 3.68. The largest absolute Gasteiger partial charge is 0.393 e. The zero-order valence-corrected chi connectivity index (χ0v) is 10.3. The van der Waals surface area contributed by atoms with Crippen LogP contribution in [-0.4, -0.2) is 11.2 Å². The van der Waals surface area contributed by atoms with Gasteiger partial charge < -0.3 is 5.11 Å². The average Bonchev–Trinajstić information content (AvgIpc) is 2.65. The third kappa shape index (κ3) is 2.85. The maximum absolute atomic E-state index is 9.49. The summed E-state index contributed by atoms with van der Waals surface area (Å²) in [7, 11) is 0. The summed E-state index contributed by atoms with van der Waals surface area (Å²) in [5.74, 6) is 1.31. The van der Waals surface area contributed by atoms with E-state index in [4.69, 9.17) is 0 Å². The number of hydrogen-bond donors (Lipinski definition) is 1. The number of aliphatic hydroxyl groups is 1. The number of aliphatic hydroxyl groups excluding tert-OH is 1. The molecule has 2 unspecified atom stereocenters. The summed E-state index contributed by atoms with van der Waals surface area (Å²) in [6, 6.07) is 8.98. The van der Waals surface area contributed by atoms with Crippen molar-refractivity contribution in [1.82, 2.24) is 0 Å². The second-order valence-corrected chi connectivity index (χ2v) is 5.43. The molecule has 16 heavy (non-hydrogen) atoms. The van der Waals surface area contributed by atoms with Crippen LogP contribution in [0.15, 0.2) is 24.3 Å². The van der Waals surface area contributed by atoms with Crippen LogP contribution in [-0.2, 0) is 6.42 Å². The number of rotatable bonds is 3. The molecule has 0 heterocycles. The lowest BCUT2D eigenvalue weighted by atomic mass is 9.95. The van der Waals surface area contributed by atoms with Crippen molar-refractivity contribution in [2.45, 2.75) is 51.6 Å². The molecule has 0 saturated heterocycles. The average molecular weight is 218 g/mol. The Morgan fingerprint density at radius 1 is 1.19 bits per heavy atom. The second kappa shape index (κ2) is 5.01. The maximum Gasteiger partial charge on any atom is 0.0543 e. The highest BCUT2D eigenvalue weighted by Crippen LogP contribution is 2.28. The molecule has 0 amide bonds. The van der Waals surface area contributed by atoms with Crippen LogP contribution in [0, 0.1) is 5.92 Å². The van der Waals surface area contributed by atoms with Crippen LogP contribution in [0.3, 0.4) is 0 Å². The van der Waals surface area contributed by atoms with E-state index in [0.717, 1.165) is 19.3 Å². The summed E-state index contributed by atoms with van der Waals surface area (Å²) in [6.45, 7) is 4.45. The molecule has 1 aromatic carbocycles. The SMILES string of the molecule is CC(C)c1ccc(CC2CCC(O)C2)cc1. The standard InChI is InChI=1S/C15H22O/c1-11(2)14-6-3-12(4-7-14)9-13-5-8-15(16)10-13/h3-4,6-7,11,13,15-16H,5,8-10H2,1-2H3. The minimum absolute atomic E-state index is 0.0417. The number of hydrogen-bond acceptors (Lipinski definition) is 1. The first kappa shape index (κ1) is 11.7. The van der Waals surface area contributed by atoms with E-state index in [1.807, 2.05) is 0 Å². The zero-order chi connectivity index (χ0) is 11.5. The molecule has 0 bridgehead atoms. The van der Waals surface area contributed by atoms with E-state index >= 15 is 0 Å². The van der Waals surface area contributed by atoms with Crippen LogP contribution in [0.1, 0.15) is 50.2 Å². The van der Waals surface area contributed by atoms with Gasteiger partial charge in [-0.1, -0.05) is 38.1 Å². The Morgan fingerprint density at radius 2 is 1.88 bits per heavy atom. The summed E-state index contributed by atoms with van der Waals surface area (Å²) in [6.07, 6.45) is 4.27. The normalized spacial score (nSPS) is 25.2. The molecule has 1 aliphatic rings. The molecule has 1 aliphatic carbocycles. The molecule has 88 valence electrons. The highest BCUT2D eigenvalue weighted by atomic mass is 16.3. The molecular weight excluding hydrogens is 196 g/mol. The Bertz CT molecular complexity index is 326. The lowest BCUT2D eigenvalue weighted by Crippen LogP contribution is -2.03. The van der Waals surface area contributed by atoms with E-state index in [9.17, 15) is 5.11 Å². The first-order valence-electron chi connectivity index (χ1n) is 6.42. The van der Waals surface area contributed by atoms with Gasteiger partial charge in [0.1, 0.15) is 0 Å². The molecule has 1 fully saturated rings. The van der Waals surface area contributed by atoms with Crippen molar-refractivity contribution in [2.24, 2.45) is 5.92 Å². The second-order valence-electron chi connectivity index (χ2n) is 5.43. The molecule has 0 spiro atoms. The summed E-state index contributed by atoms with van der Waals surface area (Å²) >= 11 is 0. The Balaban J connectivity index is 1.95. The van der Waals surface area contributed by atoms with Gasteiger partial charge in [0.15, 0.2) is 0 Å². The van der Waals surface area contributed by atoms with Gasteiger partial charge in [-0.05, 0) is 48.6 Å². The van der Waals surface area contributed by atoms with Crippen molar-refractivity contribution in [1.29, 1.82) is 0 Å². The van der Waals surface area contributed by atoms with E-state index in [-0.39, 0.29) is 6.10 Å². The van der Waals surface area contributed by atoms with Gasteiger partial charge in [0.2, 0.25) is 0 Å². The van der Waals surface area contributed by atoms with E-state index in [2.05, 4.69) is 38.1 Å². The van der Waals surface area contributed by atoms with E-state index in [1.54, 1.807) is 0 Å². The van der Waals surface area contributed by atoms with Crippen molar-refractivity contribution in [3.05, 3.63) is 35.4 Å². The Morgan fingerprint density at radius 3 is 2.38 bits per heavy atom. The van der Waals surface area contributed by atoms with Gasteiger partial charge >= 0.3 is 0 Å². The van der Waals surface area contributed by atoms with Gasteiger partial charge in [0.05, 0.1) is 6.10 Å². The number of benzene rings is 1. The Kier molecular flexibility index (Phi) is 3.65. The van der Waals surface area contributed by atoms with Crippen molar-refractivity contribution >= 4 is 0 Å². The molecule has 0 aromatic heterocycles. The van der Waals surface area contributed by atoms with Gasteiger partial charge in [-0.15, -0.1) is 0 Å². The predicted molar refractivity (Wildman–Crippen MR) is 67.6 cm³/mol. The maximum atomic E-state index is 9.49. The van der Waals surface area contributed by atoms with E-state index in [0.29, 0.717) is 11.8 Å².